The van der Waals surface area contributed by atoms with Gasteiger partial charge in [-0.3, -0.25) is 19.2 Å². The first-order valence-corrected chi connectivity index (χ1v) is 11.2. The average molecular weight is 431 g/mol. The van der Waals surface area contributed by atoms with E-state index in [2.05, 4.69) is 4.98 Å². The van der Waals surface area contributed by atoms with Crippen molar-refractivity contribution in [3.63, 3.8) is 0 Å². The summed E-state index contributed by atoms with van der Waals surface area (Å²) in [7, 11) is -3.24. The molecule has 10 nitrogen and oxygen atoms in total. The number of amides is 1. The highest BCUT2D eigenvalue weighted by Gasteiger charge is 2.29. The third kappa shape index (κ3) is 3.92. The third-order valence-corrected chi connectivity index (χ3v) is 7.21. The number of nitrogens with zero attached hydrogens (tertiary/aromatic N) is 5. The Hall–Kier alpha value is -3.21. The summed E-state index contributed by atoms with van der Waals surface area (Å²) in [6.45, 7) is 2.61. The Morgan fingerprint density at radius 2 is 1.70 bits per heavy atom. The number of carbonyl (C=O) groups is 1. The molecule has 0 N–H and O–H groups in total. The number of nitro groups is 1. The van der Waals surface area contributed by atoms with E-state index >= 15 is 0 Å². The Balaban J connectivity index is 1.38. The SMILES string of the molecule is O=C(c1ccc(N2CCCS2(=O)=O)cc1)N1CCN(c2ccc([N+](=O)[O-])cn2)CC1. The Kier molecular flexibility index (Phi) is 5.29. The Morgan fingerprint density at radius 3 is 2.23 bits per heavy atom. The van der Waals surface area contributed by atoms with E-state index in [0.29, 0.717) is 56.2 Å². The molecule has 2 aromatic rings. The van der Waals surface area contributed by atoms with E-state index in [1.807, 2.05) is 4.90 Å². The van der Waals surface area contributed by atoms with Gasteiger partial charge in [0, 0.05) is 44.4 Å². The van der Waals surface area contributed by atoms with Crippen molar-refractivity contribution >= 4 is 33.1 Å². The molecule has 3 heterocycles. The molecular weight excluding hydrogens is 410 g/mol. The number of anilines is 2. The van der Waals surface area contributed by atoms with Crippen LogP contribution in [0.2, 0.25) is 0 Å². The smallest absolute Gasteiger partial charge is 0.287 e. The predicted octanol–water partition coefficient (Wildman–Crippen LogP) is 1.49. The third-order valence-electron chi connectivity index (χ3n) is 5.34. The molecular formula is C19H21N5O5S. The lowest BCUT2D eigenvalue weighted by atomic mass is 10.1. The number of aromatic nitrogens is 1. The van der Waals surface area contributed by atoms with Gasteiger partial charge in [-0.25, -0.2) is 13.4 Å². The van der Waals surface area contributed by atoms with Gasteiger partial charge in [-0.2, -0.15) is 0 Å². The van der Waals surface area contributed by atoms with Crippen molar-refractivity contribution < 1.29 is 18.1 Å². The molecule has 0 saturated carbocycles. The normalized spacial score (nSPS) is 18.5. The van der Waals surface area contributed by atoms with Gasteiger partial charge >= 0.3 is 0 Å². The number of benzene rings is 1. The van der Waals surface area contributed by atoms with E-state index in [4.69, 9.17) is 0 Å². The molecule has 158 valence electrons. The van der Waals surface area contributed by atoms with Crippen LogP contribution in [0.25, 0.3) is 0 Å². The molecule has 0 aliphatic carbocycles. The van der Waals surface area contributed by atoms with Crippen LogP contribution in [0.5, 0.6) is 0 Å². The van der Waals surface area contributed by atoms with Gasteiger partial charge in [-0.1, -0.05) is 0 Å². The van der Waals surface area contributed by atoms with Gasteiger partial charge in [0.25, 0.3) is 11.6 Å². The van der Waals surface area contributed by atoms with Gasteiger partial charge in [-0.05, 0) is 36.8 Å². The standard InChI is InChI=1S/C19H21N5O5S/c25-19(15-2-4-16(5-3-15)23-8-1-13-30(23,28)29)22-11-9-21(10-12-22)18-7-6-17(14-20-18)24(26)27/h2-7,14H,1,8-13H2. The van der Waals surface area contributed by atoms with Crippen LogP contribution in [0, 0.1) is 10.1 Å². The summed E-state index contributed by atoms with van der Waals surface area (Å²) in [5.41, 5.74) is 1.04. The number of piperazine rings is 1. The number of sulfonamides is 1. The van der Waals surface area contributed by atoms with E-state index < -0.39 is 14.9 Å². The van der Waals surface area contributed by atoms with Crippen molar-refractivity contribution in [3.8, 4) is 0 Å². The monoisotopic (exact) mass is 431 g/mol. The fraction of sp³-hybridized carbons (Fsp3) is 0.368. The minimum Gasteiger partial charge on any atom is -0.353 e. The van der Waals surface area contributed by atoms with Gasteiger partial charge in [0.15, 0.2) is 0 Å². The maximum Gasteiger partial charge on any atom is 0.287 e. The van der Waals surface area contributed by atoms with Crippen LogP contribution >= 0.6 is 0 Å². The van der Waals surface area contributed by atoms with Gasteiger partial charge in [0.05, 0.1) is 16.4 Å². The number of hydrogen-bond acceptors (Lipinski definition) is 7. The summed E-state index contributed by atoms with van der Waals surface area (Å²) < 4.78 is 25.5. The first-order valence-electron chi connectivity index (χ1n) is 9.60. The second-order valence-corrected chi connectivity index (χ2v) is 9.21. The minimum atomic E-state index is -3.24. The average Bonchev–Trinajstić information content (AvgIpc) is 3.12. The van der Waals surface area contributed by atoms with Gasteiger partial charge in [0.2, 0.25) is 10.0 Å². The molecule has 2 fully saturated rings. The fourth-order valence-corrected chi connectivity index (χ4v) is 5.26. The highest BCUT2D eigenvalue weighted by molar-refractivity contribution is 7.93. The van der Waals surface area contributed by atoms with E-state index in [0.717, 1.165) is 0 Å². The number of carbonyl (C=O) groups excluding carboxylic acids is 1. The van der Waals surface area contributed by atoms with Crippen molar-refractivity contribution in [1.82, 2.24) is 9.88 Å². The van der Waals surface area contributed by atoms with E-state index in [1.54, 1.807) is 35.2 Å². The summed E-state index contributed by atoms with van der Waals surface area (Å²) in [5.74, 6) is 0.688. The Bertz CT molecular complexity index is 1050. The van der Waals surface area contributed by atoms with Crippen LogP contribution in [0.15, 0.2) is 42.6 Å². The molecule has 2 aliphatic heterocycles. The summed E-state index contributed by atoms with van der Waals surface area (Å²) >= 11 is 0. The molecule has 11 heteroatoms. The first-order chi connectivity index (χ1) is 14.3. The van der Waals surface area contributed by atoms with E-state index in [1.165, 1.54) is 16.6 Å². The quantitative estimate of drug-likeness (QED) is 0.532. The van der Waals surface area contributed by atoms with Crippen molar-refractivity contribution in [2.24, 2.45) is 0 Å². The lowest BCUT2D eigenvalue weighted by Crippen LogP contribution is -2.49. The summed E-state index contributed by atoms with van der Waals surface area (Å²) in [4.78, 5) is 30.9. The molecule has 0 spiro atoms. The molecule has 30 heavy (non-hydrogen) atoms. The van der Waals surface area contributed by atoms with Crippen LogP contribution in [0.4, 0.5) is 17.2 Å². The lowest BCUT2D eigenvalue weighted by molar-refractivity contribution is -0.385. The van der Waals surface area contributed by atoms with Gasteiger partial charge in [0.1, 0.15) is 12.0 Å². The van der Waals surface area contributed by atoms with Crippen LogP contribution in [0.3, 0.4) is 0 Å². The highest BCUT2D eigenvalue weighted by Crippen LogP contribution is 2.25. The maximum absolute atomic E-state index is 12.8. The van der Waals surface area contributed by atoms with E-state index in [9.17, 15) is 23.3 Å². The van der Waals surface area contributed by atoms with Crippen molar-refractivity contribution in [3.05, 3.63) is 58.3 Å². The lowest BCUT2D eigenvalue weighted by Gasteiger charge is -2.35. The maximum atomic E-state index is 12.8. The zero-order valence-corrected chi connectivity index (χ0v) is 17.0. The van der Waals surface area contributed by atoms with Gasteiger partial charge in [-0.15, -0.1) is 0 Å². The van der Waals surface area contributed by atoms with Crippen molar-refractivity contribution in [1.29, 1.82) is 0 Å². The number of pyridine rings is 1. The molecule has 0 radical (unpaired) electrons. The molecule has 0 unspecified atom stereocenters. The first kappa shape index (κ1) is 20.1. The highest BCUT2D eigenvalue weighted by atomic mass is 32.2. The van der Waals surface area contributed by atoms with Crippen molar-refractivity contribution in [2.45, 2.75) is 6.42 Å². The fourth-order valence-electron chi connectivity index (χ4n) is 3.69. The van der Waals surface area contributed by atoms with Crippen LogP contribution in [-0.2, 0) is 10.0 Å². The number of rotatable bonds is 4. The summed E-state index contributed by atoms with van der Waals surface area (Å²) in [6, 6.07) is 9.70. The van der Waals surface area contributed by atoms with Crippen molar-refractivity contribution in [2.75, 3.05) is 47.7 Å². The number of hydrogen-bond donors (Lipinski definition) is 0. The minimum absolute atomic E-state index is 0.0576. The van der Waals surface area contributed by atoms with Crippen LogP contribution in [-0.4, -0.2) is 67.6 Å². The second kappa shape index (κ2) is 7.90. The molecule has 0 bridgehead atoms. The summed E-state index contributed by atoms with van der Waals surface area (Å²) in [6.07, 6.45) is 1.84. The summed E-state index contributed by atoms with van der Waals surface area (Å²) in [5, 5.41) is 10.7. The predicted molar refractivity (Wildman–Crippen MR) is 111 cm³/mol. The van der Waals surface area contributed by atoms with Gasteiger partial charge < -0.3 is 9.80 Å². The van der Waals surface area contributed by atoms with E-state index in [-0.39, 0.29) is 17.3 Å². The molecule has 1 aromatic heterocycles. The molecule has 2 saturated heterocycles. The molecule has 1 amide bonds. The molecule has 2 aliphatic rings. The molecule has 4 rings (SSSR count). The zero-order valence-electron chi connectivity index (χ0n) is 16.2. The molecule has 1 aromatic carbocycles. The van der Waals surface area contributed by atoms with Crippen LogP contribution in [0.1, 0.15) is 16.8 Å². The molecule has 0 atom stereocenters. The zero-order chi connectivity index (χ0) is 21.3. The Morgan fingerprint density at radius 1 is 1.00 bits per heavy atom. The topological polar surface area (TPSA) is 117 Å². The second-order valence-electron chi connectivity index (χ2n) is 7.20. The Labute approximate surface area is 173 Å². The largest absolute Gasteiger partial charge is 0.353 e. The van der Waals surface area contributed by atoms with Crippen LogP contribution < -0.4 is 9.21 Å².